The number of para-hydroxylation sites is 4. The van der Waals surface area contributed by atoms with E-state index in [1.807, 2.05) is 0 Å². The van der Waals surface area contributed by atoms with Crippen molar-refractivity contribution in [3.05, 3.63) is 279 Å². The van der Waals surface area contributed by atoms with Crippen LogP contribution in [0.4, 0.5) is 0 Å². The minimum atomic E-state index is 1.01. The maximum atomic E-state index is 2.51. The summed E-state index contributed by atoms with van der Waals surface area (Å²) in [5, 5.41) is 7.58. The smallest absolute Gasteiger partial charge is 0.0541 e. The summed E-state index contributed by atoms with van der Waals surface area (Å²) in [5.74, 6) is 0. The summed E-state index contributed by atoms with van der Waals surface area (Å²) in [6.07, 6.45) is 6.89. The van der Waals surface area contributed by atoms with E-state index in [1.165, 1.54) is 127 Å². The van der Waals surface area contributed by atoms with Crippen molar-refractivity contribution in [2.45, 2.75) is 12.8 Å². The van der Waals surface area contributed by atoms with E-state index in [2.05, 4.69) is 287 Å². The molecular weight excluding hydrogens is 907 g/mol. The van der Waals surface area contributed by atoms with Crippen molar-refractivity contribution in [1.29, 1.82) is 0 Å². The summed E-state index contributed by atoms with van der Waals surface area (Å²) in [4.78, 5) is 0. The molecule has 3 heterocycles. The normalized spacial score (nSPS) is 12.9. The second-order valence-electron chi connectivity index (χ2n) is 19.9. The van der Waals surface area contributed by atoms with Crippen molar-refractivity contribution in [2.75, 3.05) is 0 Å². The van der Waals surface area contributed by atoms with Gasteiger partial charge < -0.3 is 13.7 Å². The van der Waals surface area contributed by atoms with Crippen LogP contribution in [0, 0.1) is 0 Å². The topological polar surface area (TPSA) is 14.8 Å². The molecule has 3 nitrogen and oxygen atoms in total. The highest BCUT2D eigenvalue weighted by Crippen LogP contribution is 2.43. The largest absolute Gasteiger partial charge is 0.309 e. The summed E-state index contributed by atoms with van der Waals surface area (Å²) >= 11 is 0. The van der Waals surface area contributed by atoms with Crippen LogP contribution in [0.25, 0.3) is 133 Å². The average molecular weight is 956 g/mol. The Morgan fingerprint density at radius 1 is 0.213 bits per heavy atom. The molecule has 15 rings (SSSR count). The minimum absolute atomic E-state index is 1.01. The molecule has 0 saturated heterocycles. The third-order valence-corrected chi connectivity index (χ3v) is 15.7. The highest BCUT2D eigenvalue weighted by molar-refractivity contribution is 6.16. The minimum Gasteiger partial charge on any atom is -0.309 e. The van der Waals surface area contributed by atoms with Gasteiger partial charge in [-0.15, -0.1) is 0 Å². The molecule has 3 aromatic heterocycles. The van der Waals surface area contributed by atoms with Gasteiger partial charge in [0.1, 0.15) is 0 Å². The fourth-order valence-corrected chi connectivity index (χ4v) is 12.1. The Bertz CT molecular complexity index is 4220. The lowest BCUT2D eigenvalue weighted by molar-refractivity contribution is 1.02. The first-order chi connectivity index (χ1) is 37.2. The zero-order valence-electron chi connectivity index (χ0n) is 41.2. The van der Waals surface area contributed by atoms with Gasteiger partial charge in [-0.2, -0.15) is 0 Å². The van der Waals surface area contributed by atoms with Crippen molar-refractivity contribution >= 4 is 76.7 Å². The zero-order valence-corrected chi connectivity index (χ0v) is 41.2. The van der Waals surface area contributed by atoms with Gasteiger partial charge in [-0.3, -0.25) is 0 Å². The number of aromatic nitrogens is 3. The maximum absolute atomic E-state index is 2.51. The van der Waals surface area contributed by atoms with E-state index < -0.39 is 0 Å². The predicted molar refractivity (Wildman–Crippen MR) is 318 cm³/mol. The van der Waals surface area contributed by atoms with Crippen molar-refractivity contribution in [2.24, 2.45) is 0 Å². The number of nitrogens with zero attached hydrogens (tertiary/aromatic N) is 3. The van der Waals surface area contributed by atoms with Gasteiger partial charge in [0.25, 0.3) is 0 Å². The van der Waals surface area contributed by atoms with Crippen molar-refractivity contribution in [3.8, 4) is 55.9 Å². The average Bonchev–Trinajstić information content (AvgIpc) is 4.17. The number of rotatable bonds is 8. The monoisotopic (exact) mass is 955 g/mol. The number of allylic oxidation sites excluding steroid dienone is 4. The summed E-state index contributed by atoms with van der Waals surface area (Å²) in [6.45, 7) is 0. The first-order valence-electron chi connectivity index (χ1n) is 26.1. The third kappa shape index (κ3) is 7.11. The van der Waals surface area contributed by atoms with Crippen LogP contribution >= 0.6 is 0 Å². The van der Waals surface area contributed by atoms with E-state index in [0.29, 0.717) is 0 Å². The molecule has 14 aromatic rings. The van der Waals surface area contributed by atoms with Crippen LogP contribution in [-0.2, 0) is 0 Å². The van der Waals surface area contributed by atoms with Crippen LogP contribution in [0.2, 0.25) is 0 Å². The van der Waals surface area contributed by atoms with Crippen LogP contribution in [0.1, 0.15) is 18.4 Å². The van der Waals surface area contributed by atoms with Crippen molar-refractivity contribution < 1.29 is 0 Å². The lowest BCUT2D eigenvalue weighted by Crippen LogP contribution is -2.03. The fraction of sp³-hybridized carbons (Fsp3) is 0.0278. The number of hydrogen-bond acceptors (Lipinski definition) is 0. The molecule has 0 N–H and O–H groups in total. The molecule has 1 aliphatic carbocycles. The van der Waals surface area contributed by atoms with Crippen molar-refractivity contribution in [3.63, 3.8) is 0 Å². The number of hydrogen-bond donors (Lipinski definition) is 0. The molecule has 0 bridgehead atoms. The molecule has 1 aliphatic rings. The van der Waals surface area contributed by atoms with E-state index in [-0.39, 0.29) is 0 Å². The van der Waals surface area contributed by atoms with Crippen LogP contribution in [-0.4, -0.2) is 13.7 Å². The zero-order chi connectivity index (χ0) is 49.4. The molecule has 0 saturated carbocycles. The maximum Gasteiger partial charge on any atom is 0.0541 e. The molecule has 3 heteroatoms. The molecule has 75 heavy (non-hydrogen) atoms. The van der Waals surface area contributed by atoms with Gasteiger partial charge in [0, 0.05) is 55.0 Å². The summed E-state index contributed by atoms with van der Waals surface area (Å²) in [6, 6.07) is 96.0. The Morgan fingerprint density at radius 2 is 0.520 bits per heavy atom. The summed E-state index contributed by atoms with van der Waals surface area (Å²) < 4.78 is 7.26. The molecule has 352 valence electrons. The number of benzene rings is 11. The molecule has 0 fully saturated rings. The molecule has 0 aliphatic heterocycles. The quantitative estimate of drug-likeness (QED) is 0.144. The van der Waals surface area contributed by atoms with E-state index in [9.17, 15) is 0 Å². The Balaban J connectivity index is 0.774. The standard InChI is InChI=1S/C72H49N3/c1-2-14-54(15-3-1)59-16-4-9-21-66(59)75-71-44-38-55(52-30-26-48(27-31-52)50-34-40-57(41-35-50)73-67-22-10-5-17-60(67)61-18-6-11-23-68(61)73)46-64(71)65-47-56(39-45-72(65)75)53-32-28-49(29-33-53)51-36-42-58(43-37-51)74-69-24-12-7-19-62(69)63-20-8-13-25-70(63)74/h1-3,5-8,10-47H,4,9H2. The van der Waals surface area contributed by atoms with E-state index in [0.717, 1.165) is 24.2 Å². The first kappa shape index (κ1) is 42.9. The Morgan fingerprint density at radius 3 is 0.920 bits per heavy atom. The van der Waals surface area contributed by atoms with Crippen LogP contribution in [0.3, 0.4) is 0 Å². The molecular formula is C72H49N3. The van der Waals surface area contributed by atoms with Crippen LogP contribution < -0.4 is 0 Å². The Hall–Kier alpha value is -9.70. The first-order valence-corrected chi connectivity index (χ1v) is 26.1. The van der Waals surface area contributed by atoms with Gasteiger partial charge in [-0.05, 0) is 136 Å². The van der Waals surface area contributed by atoms with Gasteiger partial charge in [-0.25, -0.2) is 0 Å². The second kappa shape index (κ2) is 17.5. The van der Waals surface area contributed by atoms with E-state index in [1.54, 1.807) is 0 Å². The lowest BCUT2D eigenvalue weighted by Gasteiger charge is -2.20. The van der Waals surface area contributed by atoms with E-state index in [4.69, 9.17) is 0 Å². The second-order valence-corrected chi connectivity index (χ2v) is 19.9. The highest BCUT2D eigenvalue weighted by atomic mass is 15.0. The third-order valence-electron chi connectivity index (χ3n) is 15.7. The highest BCUT2D eigenvalue weighted by Gasteiger charge is 2.21. The van der Waals surface area contributed by atoms with Gasteiger partial charge in [0.15, 0.2) is 0 Å². The Labute approximate surface area is 435 Å². The molecule has 11 aromatic carbocycles. The molecule has 0 amide bonds. The molecule has 0 spiro atoms. The lowest BCUT2D eigenvalue weighted by atomic mass is 9.96. The van der Waals surface area contributed by atoms with Gasteiger partial charge in [0.05, 0.1) is 33.1 Å². The number of fused-ring (bicyclic) bond motifs is 9. The van der Waals surface area contributed by atoms with Crippen LogP contribution in [0.15, 0.2) is 273 Å². The summed E-state index contributed by atoms with van der Waals surface area (Å²) in [5.41, 5.74) is 23.0. The van der Waals surface area contributed by atoms with Crippen LogP contribution in [0.5, 0.6) is 0 Å². The van der Waals surface area contributed by atoms with Crippen molar-refractivity contribution in [1.82, 2.24) is 13.7 Å². The fourth-order valence-electron chi connectivity index (χ4n) is 12.1. The van der Waals surface area contributed by atoms with Gasteiger partial charge in [0.2, 0.25) is 0 Å². The van der Waals surface area contributed by atoms with Gasteiger partial charge in [-0.1, -0.05) is 200 Å². The summed E-state index contributed by atoms with van der Waals surface area (Å²) in [7, 11) is 0. The SMILES string of the molecule is C1=C(c2ccccc2)C(n2c3ccc(-c4ccc(-c5ccc(-n6c7ccccc7c7ccccc76)cc5)cc4)cc3c3cc(-c4ccc(-c5ccc(-n6c7ccccc7c7ccccc76)cc5)cc4)ccc32)=CCC1. The van der Waals surface area contributed by atoms with Gasteiger partial charge >= 0.3 is 0 Å². The molecule has 0 atom stereocenters. The van der Waals surface area contributed by atoms with E-state index >= 15 is 0 Å². The molecule has 0 radical (unpaired) electrons. The predicted octanol–water partition coefficient (Wildman–Crippen LogP) is 19.4. The Kier molecular flexibility index (Phi) is 10.0. The molecule has 0 unspecified atom stereocenters.